The van der Waals surface area contributed by atoms with Gasteiger partial charge in [0, 0.05) is 6.04 Å². The molecule has 0 aromatic heterocycles. The Morgan fingerprint density at radius 2 is 2.00 bits per heavy atom. The Kier molecular flexibility index (Phi) is 5.08. The second kappa shape index (κ2) is 6.81. The smallest absolute Gasteiger partial charge is 0.327 e. The highest BCUT2D eigenvalue weighted by Gasteiger charge is 2.25. The molecule has 98 valence electrons. The van der Waals surface area contributed by atoms with Gasteiger partial charge in [0.25, 0.3) is 0 Å². The van der Waals surface area contributed by atoms with E-state index in [1.165, 1.54) is 18.6 Å². The monoisotopic (exact) mass is 265 g/mol. The van der Waals surface area contributed by atoms with Crippen LogP contribution in [0.15, 0.2) is 30.3 Å². The number of nitrogens with one attached hydrogen (secondary N) is 1. The molecular weight excluding hydrogens is 246 g/mol. The Labute approximate surface area is 112 Å². The molecule has 1 aromatic rings. The Bertz CT molecular complexity index is 377. The van der Waals surface area contributed by atoms with Crippen LogP contribution in [0.3, 0.4) is 0 Å². The van der Waals surface area contributed by atoms with E-state index in [4.69, 9.17) is 4.74 Å². The van der Waals surface area contributed by atoms with Gasteiger partial charge in [-0.05, 0) is 29.9 Å². The van der Waals surface area contributed by atoms with Crippen molar-refractivity contribution in [3.05, 3.63) is 35.9 Å². The van der Waals surface area contributed by atoms with Crippen LogP contribution in [-0.2, 0) is 9.53 Å². The quantitative estimate of drug-likeness (QED) is 0.848. The molecule has 3 nitrogen and oxygen atoms in total. The van der Waals surface area contributed by atoms with Gasteiger partial charge in [0.1, 0.15) is 6.04 Å². The minimum Gasteiger partial charge on any atom is -0.468 e. The average Bonchev–Trinajstić information content (AvgIpc) is 2.46. The maximum atomic E-state index is 11.9. The van der Waals surface area contributed by atoms with Crippen molar-refractivity contribution in [2.75, 3.05) is 18.6 Å². The van der Waals surface area contributed by atoms with Crippen LogP contribution in [0, 0.1) is 0 Å². The zero-order valence-corrected chi connectivity index (χ0v) is 11.4. The molecule has 1 unspecified atom stereocenters. The highest BCUT2D eigenvalue weighted by atomic mass is 32.2. The first-order valence-electron chi connectivity index (χ1n) is 6.28. The molecule has 1 N–H and O–H groups in total. The summed E-state index contributed by atoms with van der Waals surface area (Å²) < 4.78 is 4.90. The van der Waals surface area contributed by atoms with Crippen molar-refractivity contribution in [1.29, 1.82) is 0 Å². The number of rotatable bonds is 4. The van der Waals surface area contributed by atoms with Crippen molar-refractivity contribution in [3.8, 4) is 0 Å². The van der Waals surface area contributed by atoms with Crippen LogP contribution >= 0.6 is 11.8 Å². The van der Waals surface area contributed by atoms with Gasteiger partial charge in [0.15, 0.2) is 0 Å². The predicted octanol–water partition coefficient (Wildman–Crippen LogP) is 2.39. The largest absolute Gasteiger partial charge is 0.468 e. The molecule has 1 aromatic carbocycles. The summed E-state index contributed by atoms with van der Waals surface area (Å²) >= 11 is 1.98. The molecule has 1 aliphatic heterocycles. The fraction of sp³-hybridized carbons (Fsp3) is 0.500. The van der Waals surface area contributed by atoms with E-state index >= 15 is 0 Å². The van der Waals surface area contributed by atoms with Crippen LogP contribution in [0.25, 0.3) is 0 Å². The number of benzene rings is 1. The Morgan fingerprint density at radius 3 is 2.61 bits per heavy atom. The summed E-state index contributed by atoms with van der Waals surface area (Å²) in [6.07, 6.45) is 2.23. The number of carbonyl (C=O) groups is 1. The molecule has 1 fully saturated rings. The van der Waals surface area contributed by atoms with Gasteiger partial charge < -0.3 is 4.74 Å². The van der Waals surface area contributed by atoms with E-state index in [1.807, 2.05) is 42.1 Å². The number of thioether (sulfide) groups is 1. The van der Waals surface area contributed by atoms with Gasteiger partial charge in [-0.3, -0.25) is 5.32 Å². The third-order valence-electron chi connectivity index (χ3n) is 3.19. The van der Waals surface area contributed by atoms with Crippen LogP contribution in [-0.4, -0.2) is 30.6 Å². The van der Waals surface area contributed by atoms with Crippen molar-refractivity contribution in [2.24, 2.45) is 0 Å². The summed E-state index contributed by atoms with van der Waals surface area (Å²) in [6, 6.07) is 9.85. The number of methoxy groups -OCH3 is 1. The summed E-state index contributed by atoms with van der Waals surface area (Å²) in [5.74, 6) is 2.13. The van der Waals surface area contributed by atoms with Crippen molar-refractivity contribution in [2.45, 2.75) is 24.9 Å². The van der Waals surface area contributed by atoms with Crippen LogP contribution in [0.2, 0.25) is 0 Å². The molecule has 0 bridgehead atoms. The van der Waals surface area contributed by atoms with Crippen LogP contribution in [0.5, 0.6) is 0 Å². The van der Waals surface area contributed by atoms with Gasteiger partial charge in [-0.2, -0.15) is 11.8 Å². The Morgan fingerprint density at radius 1 is 1.33 bits per heavy atom. The lowest BCUT2D eigenvalue weighted by Gasteiger charge is -2.27. The highest BCUT2D eigenvalue weighted by molar-refractivity contribution is 7.99. The van der Waals surface area contributed by atoms with Gasteiger partial charge in [-0.25, -0.2) is 4.79 Å². The first-order chi connectivity index (χ1) is 8.81. The number of ether oxygens (including phenoxy) is 1. The number of hydrogen-bond acceptors (Lipinski definition) is 4. The summed E-state index contributed by atoms with van der Waals surface area (Å²) in [7, 11) is 1.44. The second-order valence-electron chi connectivity index (χ2n) is 4.42. The van der Waals surface area contributed by atoms with E-state index in [2.05, 4.69) is 5.32 Å². The second-order valence-corrected chi connectivity index (χ2v) is 5.64. The topological polar surface area (TPSA) is 38.3 Å². The van der Waals surface area contributed by atoms with Crippen molar-refractivity contribution < 1.29 is 9.53 Å². The Hall–Kier alpha value is -1.00. The first kappa shape index (κ1) is 13.4. The van der Waals surface area contributed by atoms with Gasteiger partial charge in [-0.15, -0.1) is 0 Å². The number of carbonyl (C=O) groups excluding carboxylic acids is 1. The molecular formula is C14H19NO2S. The van der Waals surface area contributed by atoms with Crippen molar-refractivity contribution in [1.82, 2.24) is 5.32 Å². The van der Waals surface area contributed by atoms with Crippen molar-refractivity contribution in [3.63, 3.8) is 0 Å². The third-order valence-corrected chi connectivity index (χ3v) is 4.24. The zero-order chi connectivity index (χ0) is 12.8. The molecule has 2 rings (SSSR count). The molecule has 1 saturated heterocycles. The minimum absolute atomic E-state index is 0.209. The molecule has 1 aliphatic rings. The van der Waals surface area contributed by atoms with E-state index < -0.39 is 0 Å². The van der Waals surface area contributed by atoms with E-state index in [-0.39, 0.29) is 12.0 Å². The van der Waals surface area contributed by atoms with E-state index in [9.17, 15) is 4.79 Å². The molecule has 0 radical (unpaired) electrons. The van der Waals surface area contributed by atoms with Crippen LogP contribution in [0.4, 0.5) is 0 Å². The maximum absolute atomic E-state index is 11.9. The number of hydrogen-bond donors (Lipinski definition) is 1. The van der Waals surface area contributed by atoms with Crippen LogP contribution in [0.1, 0.15) is 24.4 Å². The normalized spacial score (nSPS) is 18.3. The van der Waals surface area contributed by atoms with E-state index in [1.54, 1.807) is 0 Å². The summed E-state index contributed by atoms with van der Waals surface area (Å²) in [5.41, 5.74) is 0.975. The predicted molar refractivity (Wildman–Crippen MR) is 74.7 cm³/mol. The molecule has 0 spiro atoms. The standard InChI is InChI=1S/C14H19NO2S/c1-17-14(16)13(11-5-3-2-4-6-11)15-12-7-9-18-10-8-12/h2-6,12-13,15H,7-10H2,1H3. The summed E-state index contributed by atoms with van der Waals surface area (Å²) in [4.78, 5) is 11.9. The fourth-order valence-electron chi connectivity index (χ4n) is 2.16. The minimum atomic E-state index is -0.343. The van der Waals surface area contributed by atoms with Gasteiger partial charge >= 0.3 is 5.97 Å². The summed E-state index contributed by atoms with van der Waals surface area (Å²) in [5, 5.41) is 3.44. The molecule has 18 heavy (non-hydrogen) atoms. The molecule has 1 atom stereocenters. The average molecular weight is 265 g/mol. The van der Waals surface area contributed by atoms with E-state index in [0.29, 0.717) is 6.04 Å². The molecule has 0 amide bonds. The summed E-state index contributed by atoms with van der Waals surface area (Å²) in [6.45, 7) is 0. The lowest BCUT2D eigenvalue weighted by molar-refractivity contribution is -0.143. The van der Waals surface area contributed by atoms with E-state index in [0.717, 1.165) is 18.4 Å². The lowest BCUT2D eigenvalue weighted by atomic mass is 10.0. The fourth-order valence-corrected chi connectivity index (χ4v) is 3.27. The van der Waals surface area contributed by atoms with Crippen LogP contribution < -0.4 is 5.32 Å². The van der Waals surface area contributed by atoms with Gasteiger partial charge in [0.05, 0.1) is 7.11 Å². The van der Waals surface area contributed by atoms with Crippen molar-refractivity contribution >= 4 is 17.7 Å². The lowest BCUT2D eigenvalue weighted by Crippen LogP contribution is -2.39. The highest BCUT2D eigenvalue weighted by Crippen LogP contribution is 2.21. The zero-order valence-electron chi connectivity index (χ0n) is 10.6. The molecule has 0 saturated carbocycles. The molecule has 1 heterocycles. The maximum Gasteiger partial charge on any atom is 0.327 e. The Balaban J connectivity index is 2.07. The molecule has 0 aliphatic carbocycles. The molecule has 4 heteroatoms. The van der Waals surface area contributed by atoms with Gasteiger partial charge in [-0.1, -0.05) is 30.3 Å². The first-order valence-corrected chi connectivity index (χ1v) is 7.43. The number of esters is 1. The van der Waals surface area contributed by atoms with Gasteiger partial charge in [0.2, 0.25) is 0 Å². The third kappa shape index (κ3) is 3.50. The SMILES string of the molecule is COC(=O)C(NC1CCSCC1)c1ccccc1.